The van der Waals surface area contributed by atoms with Crippen LogP contribution in [0.2, 0.25) is 5.02 Å². The van der Waals surface area contributed by atoms with Gasteiger partial charge < -0.3 is 14.4 Å². The molecule has 44 heavy (non-hydrogen) atoms. The van der Waals surface area contributed by atoms with Gasteiger partial charge in [0.15, 0.2) is 5.75 Å². The number of rotatable bonds is 9. The lowest BCUT2D eigenvalue weighted by molar-refractivity contribution is -0.127. The van der Waals surface area contributed by atoms with Crippen molar-refractivity contribution >= 4 is 40.1 Å². The van der Waals surface area contributed by atoms with Crippen LogP contribution in [-0.2, 0) is 17.9 Å². The molecule has 230 valence electrons. The van der Waals surface area contributed by atoms with E-state index < -0.39 is 0 Å². The molecule has 0 atom stereocenters. The zero-order valence-electron chi connectivity index (χ0n) is 25.7. The molecule has 0 aliphatic carbocycles. The van der Waals surface area contributed by atoms with E-state index >= 15 is 0 Å². The van der Waals surface area contributed by atoms with Crippen LogP contribution in [0.4, 0.5) is 0 Å². The first-order valence-electron chi connectivity index (χ1n) is 14.6. The van der Waals surface area contributed by atoms with Crippen molar-refractivity contribution < 1.29 is 14.3 Å². The largest absolute Gasteiger partial charge is 0.487 e. The molecule has 1 amide bonds. The van der Waals surface area contributed by atoms with Gasteiger partial charge in [-0.1, -0.05) is 71.3 Å². The van der Waals surface area contributed by atoms with E-state index in [0.29, 0.717) is 42.1 Å². The molecule has 1 aromatic heterocycles. The highest BCUT2D eigenvalue weighted by molar-refractivity contribution is 8.93. The fourth-order valence-electron chi connectivity index (χ4n) is 4.99. The lowest BCUT2D eigenvalue weighted by atomic mass is 10.0. The average Bonchev–Trinajstić information content (AvgIpc) is 3.00. The van der Waals surface area contributed by atoms with Gasteiger partial charge in [0.25, 0.3) is 0 Å². The third kappa shape index (κ3) is 8.94. The number of nitrogens with zero attached hydrogens (tertiary/aromatic N) is 3. The number of amides is 1. The van der Waals surface area contributed by atoms with Crippen LogP contribution in [0, 0.1) is 20.8 Å². The molecule has 2 heterocycles. The summed E-state index contributed by atoms with van der Waals surface area (Å²) in [6, 6.07) is 24.3. The van der Waals surface area contributed by atoms with Crippen molar-refractivity contribution in [2.75, 3.05) is 26.2 Å². The summed E-state index contributed by atoms with van der Waals surface area (Å²) < 4.78 is 11.9. The van der Waals surface area contributed by atoms with Gasteiger partial charge in [0, 0.05) is 44.9 Å². The number of aryl methyl sites for hydroxylation is 3. The van der Waals surface area contributed by atoms with E-state index in [1.54, 1.807) is 18.3 Å². The number of aromatic nitrogens is 1. The Hall–Kier alpha value is -3.65. The Balaban J connectivity index is 0.00000442. The molecule has 0 N–H and O–H groups in total. The van der Waals surface area contributed by atoms with Gasteiger partial charge in [0.05, 0.1) is 11.2 Å². The minimum Gasteiger partial charge on any atom is -0.487 e. The number of carbonyl (C=O) groups excluding carboxylic acids is 1. The summed E-state index contributed by atoms with van der Waals surface area (Å²) in [5.74, 6) is 1.64. The summed E-state index contributed by atoms with van der Waals surface area (Å²) in [6.45, 7) is 12.6. The number of pyridine rings is 1. The van der Waals surface area contributed by atoms with Gasteiger partial charge in [0.2, 0.25) is 11.8 Å². The molecule has 1 saturated heterocycles. The molecule has 3 aromatic carbocycles. The first-order valence-corrected chi connectivity index (χ1v) is 15.0. The van der Waals surface area contributed by atoms with Crippen LogP contribution in [0.5, 0.6) is 17.4 Å². The summed E-state index contributed by atoms with van der Waals surface area (Å²) in [4.78, 5) is 21.8. The number of allylic oxidation sites excluding steroid dienone is 1. The Morgan fingerprint density at radius 1 is 0.886 bits per heavy atom. The fraction of sp³-hybridized carbons (Fsp3) is 0.278. The number of hydrogen-bond acceptors (Lipinski definition) is 5. The molecule has 0 radical (unpaired) electrons. The third-order valence-corrected chi connectivity index (χ3v) is 7.96. The third-order valence-electron chi connectivity index (χ3n) is 7.68. The molecular weight excluding hydrogens is 638 g/mol. The quantitative estimate of drug-likeness (QED) is 0.167. The van der Waals surface area contributed by atoms with Crippen molar-refractivity contribution in [1.82, 2.24) is 14.8 Å². The van der Waals surface area contributed by atoms with Crippen molar-refractivity contribution in [3.63, 3.8) is 0 Å². The van der Waals surface area contributed by atoms with Crippen molar-refractivity contribution in [3.05, 3.63) is 123 Å². The number of ether oxygens (including phenoxy) is 2. The zero-order valence-corrected chi connectivity index (χ0v) is 28.1. The second-order valence-electron chi connectivity index (χ2n) is 11.2. The van der Waals surface area contributed by atoms with Gasteiger partial charge in [-0.2, -0.15) is 0 Å². The molecule has 5 rings (SSSR count). The molecule has 6 nitrogen and oxygen atoms in total. The van der Waals surface area contributed by atoms with E-state index in [2.05, 4.69) is 72.3 Å². The van der Waals surface area contributed by atoms with Crippen LogP contribution >= 0.6 is 28.6 Å². The lowest BCUT2D eigenvalue weighted by Gasteiger charge is -2.34. The SMILES string of the molecule is Br.C/C(=C\C(=O)N1CCN(Cc2ccc(C)cc2)CC1)c1cc(C)c(Oc2ccc(OCc3ccc(C)cc3)cn2)c(Cl)c1. The van der Waals surface area contributed by atoms with E-state index in [0.717, 1.165) is 41.9 Å². The standard InChI is InChI=1S/C36H38ClN3O3.BrH/c1-25-5-9-29(10-6-25)23-39-15-17-40(18-16-39)35(41)20-27(3)31-19-28(4)36(33(37)21-31)43-34-14-13-32(22-38-34)42-24-30-11-7-26(2)8-12-30;/h5-14,19-22H,15-18,23-24H2,1-4H3;1H/b27-20+;. The molecule has 1 aliphatic heterocycles. The minimum absolute atomic E-state index is 0. The molecule has 1 fully saturated rings. The van der Waals surface area contributed by atoms with Crippen LogP contribution in [-0.4, -0.2) is 46.9 Å². The smallest absolute Gasteiger partial charge is 0.246 e. The monoisotopic (exact) mass is 675 g/mol. The summed E-state index contributed by atoms with van der Waals surface area (Å²) in [5, 5.41) is 0.460. The topological polar surface area (TPSA) is 54.9 Å². The molecule has 0 spiro atoms. The summed E-state index contributed by atoms with van der Waals surface area (Å²) in [7, 11) is 0. The number of hydrogen-bond donors (Lipinski definition) is 0. The maximum atomic E-state index is 13.1. The highest BCUT2D eigenvalue weighted by Gasteiger charge is 2.20. The summed E-state index contributed by atoms with van der Waals surface area (Å²) in [5.41, 5.74) is 7.47. The molecule has 1 aliphatic rings. The molecule has 0 unspecified atom stereocenters. The Morgan fingerprint density at radius 3 is 2.11 bits per heavy atom. The van der Waals surface area contributed by atoms with E-state index in [-0.39, 0.29) is 22.9 Å². The van der Waals surface area contributed by atoms with Gasteiger partial charge in [-0.15, -0.1) is 17.0 Å². The Morgan fingerprint density at radius 2 is 1.52 bits per heavy atom. The predicted molar refractivity (Wildman–Crippen MR) is 183 cm³/mol. The Kier molecular flexibility index (Phi) is 11.6. The van der Waals surface area contributed by atoms with E-state index in [1.165, 1.54) is 16.7 Å². The summed E-state index contributed by atoms with van der Waals surface area (Å²) >= 11 is 6.66. The highest BCUT2D eigenvalue weighted by Crippen LogP contribution is 2.35. The van der Waals surface area contributed by atoms with Crippen molar-refractivity contribution in [3.8, 4) is 17.4 Å². The minimum atomic E-state index is 0. The number of piperazine rings is 1. The van der Waals surface area contributed by atoms with Crippen LogP contribution in [0.3, 0.4) is 0 Å². The number of halogens is 2. The normalized spacial score (nSPS) is 13.8. The van der Waals surface area contributed by atoms with Gasteiger partial charge >= 0.3 is 0 Å². The maximum absolute atomic E-state index is 13.1. The van der Waals surface area contributed by atoms with Gasteiger partial charge in [0.1, 0.15) is 12.4 Å². The fourth-order valence-corrected chi connectivity index (χ4v) is 5.30. The van der Waals surface area contributed by atoms with Gasteiger partial charge in [-0.25, -0.2) is 4.98 Å². The number of carbonyl (C=O) groups is 1. The molecule has 0 saturated carbocycles. The molecule has 8 heteroatoms. The zero-order chi connectivity index (χ0) is 30.3. The first-order chi connectivity index (χ1) is 20.7. The molecule has 4 aromatic rings. The Labute approximate surface area is 276 Å². The van der Waals surface area contributed by atoms with E-state index in [1.807, 2.05) is 36.9 Å². The van der Waals surface area contributed by atoms with Gasteiger partial charge in [-0.05, 0) is 73.7 Å². The van der Waals surface area contributed by atoms with E-state index in [4.69, 9.17) is 21.1 Å². The molecule has 0 bridgehead atoms. The van der Waals surface area contributed by atoms with Crippen LogP contribution in [0.1, 0.15) is 40.3 Å². The van der Waals surface area contributed by atoms with Crippen LogP contribution in [0.15, 0.2) is 85.1 Å². The first kappa shape index (κ1) is 33.2. The maximum Gasteiger partial charge on any atom is 0.246 e. The van der Waals surface area contributed by atoms with Gasteiger partial charge in [-0.3, -0.25) is 9.69 Å². The average molecular weight is 677 g/mol. The highest BCUT2D eigenvalue weighted by atomic mass is 79.9. The number of benzene rings is 3. The second kappa shape index (κ2) is 15.4. The molecular formula is C36H39BrClN3O3. The summed E-state index contributed by atoms with van der Waals surface area (Å²) in [6.07, 6.45) is 3.35. The predicted octanol–water partition coefficient (Wildman–Crippen LogP) is 8.36. The lowest BCUT2D eigenvalue weighted by Crippen LogP contribution is -2.47. The second-order valence-corrected chi connectivity index (χ2v) is 11.6. The van der Waals surface area contributed by atoms with Crippen molar-refractivity contribution in [2.24, 2.45) is 0 Å². The Bertz CT molecular complexity index is 1560. The van der Waals surface area contributed by atoms with Crippen LogP contribution in [0.25, 0.3) is 5.57 Å². The van der Waals surface area contributed by atoms with Crippen LogP contribution < -0.4 is 9.47 Å². The van der Waals surface area contributed by atoms with E-state index in [9.17, 15) is 4.79 Å². The van der Waals surface area contributed by atoms with Crippen molar-refractivity contribution in [1.29, 1.82) is 0 Å². The van der Waals surface area contributed by atoms with Crippen molar-refractivity contribution in [2.45, 2.75) is 40.8 Å².